The van der Waals surface area contributed by atoms with Gasteiger partial charge in [0, 0.05) is 19.7 Å². The van der Waals surface area contributed by atoms with E-state index in [9.17, 15) is 68.0 Å². The molecule has 3 fully saturated rings. The largest absolute Gasteiger partial charge is 0.465 e. The van der Waals surface area contributed by atoms with Crippen molar-refractivity contribution in [2.75, 3.05) is 26.7 Å². The van der Waals surface area contributed by atoms with E-state index < -0.39 is 178 Å². The van der Waals surface area contributed by atoms with Gasteiger partial charge < -0.3 is 84.9 Å². The molecule has 29 heteroatoms. The van der Waals surface area contributed by atoms with Gasteiger partial charge in [-0.05, 0) is 94.6 Å². The average Bonchev–Trinajstić information content (AvgIpc) is 3.23. The topological polar surface area (TPSA) is 392 Å². The van der Waals surface area contributed by atoms with E-state index in [2.05, 4.69) is 26.0 Å². The van der Waals surface area contributed by atoms with Crippen LogP contribution in [0, 0.1) is 10.1 Å². The number of benzene rings is 1. The fraction of sp³-hybridized carbons (Fsp3) is 0.750. The summed E-state index contributed by atoms with van der Waals surface area (Å²) in [6.45, 7) is 13.7. The van der Waals surface area contributed by atoms with Gasteiger partial charge in [-0.2, -0.15) is 0 Å². The van der Waals surface area contributed by atoms with Crippen LogP contribution in [0.15, 0.2) is 29.2 Å². The summed E-state index contributed by atoms with van der Waals surface area (Å²) in [6.07, 6.45) is -19.3. The molecule has 5 amide bonds. The van der Waals surface area contributed by atoms with Gasteiger partial charge in [-0.1, -0.05) is 12.1 Å². The lowest BCUT2D eigenvalue weighted by molar-refractivity contribution is -0.387. The third-order valence-corrected chi connectivity index (χ3v) is 12.7. The fourth-order valence-corrected chi connectivity index (χ4v) is 9.42. The summed E-state index contributed by atoms with van der Waals surface area (Å²) in [5.41, 5.74) is -5.70. The number of likely N-dealkylation sites (N-methyl/N-ethyl adjacent to an activating group) is 1. The number of nitrogens with one attached hydrogen (secondary N) is 5. The number of nitro groups is 1. The van der Waals surface area contributed by atoms with Crippen LogP contribution in [-0.2, 0) is 48.0 Å². The van der Waals surface area contributed by atoms with Gasteiger partial charge in [0.15, 0.2) is 17.5 Å². The van der Waals surface area contributed by atoms with Crippen LogP contribution in [0.25, 0.3) is 0 Å². The lowest BCUT2D eigenvalue weighted by atomic mass is 9.82. The molecule has 0 bridgehead atoms. The molecule has 3 aliphatic rings. The number of ether oxygens (including phenoxy) is 7. The normalized spacial score (nSPS) is 29.4. The summed E-state index contributed by atoms with van der Waals surface area (Å²) in [6, 6.07) is -1.10. The number of sulfonamides is 1. The van der Waals surface area contributed by atoms with Crippen molar-refractivity contribution in [1.82, 2.24) is 30.9 Å². The highest BCUT2D eigenvalue weighted by Gasteiger charge is 2.55. The van der Waals surface area contributed by atoms with Gasteiger partial charge in [0.05, 0.1) is 48.3 Å². The third-order valence-electron chi connectivity index (χ3n) is 11.2. The predicted molar refractivity (Wildman–Crippen MR) is 251 cm³/mol. The second-order valence-corrected chi connectivity index (χ2v) is 22.8. The maximum Gasteiger partial charge on any atom is 0.410 e. The van der Waals surface area contributed by atoms with E-state index in [4.69, 9.17) is 33.2 Å². The third kappa shape index (κ3) is 17.4. The molecule has 4 rings (SSSR count). The maximum absolute atomic E-state index is 13.7. The molecule has 2 saturated heterocycles. The van der Waals surface area contributed by atoms with Gasteiger partial charge in [0.2, 0.25) is 10.0 Å². The number of nitro benzene ring substituents is 1. The number of nitrogens with zero attached hydrogens (tertiary/aromatic N) is 2. The Bertz CT molecular complexity index is 2230. The van der Waals surface area contributed by atoms with Crippen LogP contribution in [0.5, 0.6) is 0 Å². The zero-order valence-corrected chi connectivity index (χ0v) is 43.4. The number of carboxylic acid groups (broad SMARTS) is 1. The molecule has 10 N–H and O–H groups in total. The van der Waals surface area contributed by atoms with Gasteiger partial charge >= 0.3 is 24.4 Å². The van der Waals surface area contributed by atoms with Crippen molar-refractivity contribution in [2.45, 2.75) is 189 Å². The van der Waals surface area contributed by atoms with E-state index in [0.717, 1.165) is 17.0 Å². The molecule has 0 radical (unpaired) electrons. The molecular weight excluding hydrogens is 995 g/mol. The average molecular weight is 1070 g/mol. The Balaban J connectivity index is 1.75. The first-order valence-electron chi connectivity index (χ1n) is 23.3. The molecule has 13 atom stereocenters. The Labute approximate surface area is 422 Å². The zero-order valence-electron chi connectivity index (χ0n) is 42.6. The maximum atomic E-state index is 13.7. The number of carbonyl (C=O) groups is 5. The van der Waals surface area contributed by atoms with E-state index in [-0.39, 0.29) is 12.8 Å². The molecule has 1 aromatic rings. The summed E-state index contributed by atoms with van der Waals surface area (Å²) in [7, 11) is -3.30. The molecule has 1 aliphatic carbocycles. The molecule has 0 unspecified atom stereocenters. The van der Waals surface area contributed by atoms with E-state index in [1.807, 2.05) is 0 Å². The van der Waals surface area contributed by atoms with E-state index in [1.165, 1.54) is 26.1 Å². The first-order chi connectivity index (χ1) is 33.5. The highest BCUT2D eigenvalue weighted by atomic mass is 32.2. The Hall–Kier alpha value is -5.24. The Kier molecular flexibility index (Phi) is 19.8. The molecule has 0 aromatic heterocycles. The van der Waals surface area contributed by atoms with E-state index in [1.54, 1.807) is 62.3 Å². The molecule has 1 saturated carbocycles. The van der Waals surface area contributed by atoms with Crippen molar-refractivity contribution in [1.29, 1.82) is 0 Å². The number of carbonyl (C=O) groups excluding carboxylic acids is 4. The van der Waals surface area contributed by atoms with Crippen molar-refractivity contribution in [3.63, 3.8) is 0 Å². The number of aliphatic hydroxyl groups is 4. The standard InChI is InChI=1S/C44H71N7O21S/c1-41(2,3)70-38(58)45-20-27(52)34(55)47-24-18-25(49-39(59)71-42(4,5)6)32(29(53)31(24)69-36-30(54)33(44(10,61)21-66-36)50(11)40(60)72-43(7,8)9)68-35-23(48-37(56)57)17-16-22(67-35)19-46-73(64,65)28-15-13-12-14-26(28)51(62)63/h12-15,22-25,27,29-33,35-36,46,48,52-54,61H,16-21H2,1-11H3,(H,45,58)(H,47,55)(H,49,59)(H,56,57)/t22-,23+,24+,25-,27-,29+,30+,31-,32+,33+,35+,36+,44-/m0/s1. The van der Waals surface area contributed by atoms with Crippen molar-refractivity contribution in [3.05, 3.63) is 34.4 Å². The Morgan fingerprint density at radius 2 is 1.41 bits per heavy atom. The lowest BCUT2D eigenvalue weighted by Gasteiger charge is -2.51. The predicted octanol–water partition coefficient (Wildman–Crippen LogP) is 0.517. The van der Waals surface area contributed by atoms with Gasteiger partial charge in [-0.25, -0.2) is 32.3 Å². The number of amides is 5. The Morgan fingerprint density at radius 3 is 1.99 bits per heavy atom. The van der Waals surface area contributed by atoms with E-state index in [0.29, 0.717) is 0 Å². The van der Waals surface area contributed by atoms with Crippen LogP contribution in [0.4, 0.5) is 24.9 Å². The first kappa shape index (κ1) is 60.3. The van der Waals surface area contributed by atoms with Crippen molar-refractivity contribution >= 4 is 46.0 Å². The number of aliphatic hydroxyl groups excluding tert-OH is 3. The second-order valence-electron chi connectivity index (χ2n) is 21.1. The summed E-state index contributed by atoms with van der Waals surface area (Å²) in [5.74, 6) is -1.15. The Morgan fingerprint density at radius 1 is 0.849 bits per heavy atom. The molecule has 73 heavy (non-hydrogen) atoms. The van der Waals surface area contributed by atoms with Gasteiger partial charge in [-0.3, -0.25) is 14.9 Å². The van der Waals surface area contributed by atoms with E-state index >= 15 is 0 Å². The van der Waals surface area contributed by atoms with Crippen molar-refractivity contribution in [3.8, 4) is 0 Å². The highest BCUT2D eigenvalue weighted by molar-refractivity contribution is 7.89. The van der Waals surface area contributed by atoms with Crippen LogP contribution in [-0.4, -0.2) is 197 Å². The minimum Gasteiger partial charge on any atom is -0.465 e. The summed E-state index contributed by atoms with van der Waals surface area (Å²) in [5, 5.41) is 77.8. The molecule has 414 valence electrons. The van der Waals surface area contributed by atoms with Gasteiger partial charge in [0.25, 0.3) is 11.6 Å². The quantitative estimate of drug-likeness (QED) is 0.0613. The number of rotatable bonds is 16. The lowest BCUT2D eigenvalue weighted by Crippen LogP contribution is -2.71. The molecular formula is C44H71N7O21S. The molecule has 2 aliphatic heterocycles. The molecule has 28 nitrogen and oxygen atoms in total. The number of alkyl carbamates (subject to hydrolysis) is 2. The number of hydrogen-bond acceptors (Lipinski definition) is 20. The minimum atomic E-state index is -4.55. The summed E-state index contributed by atoms with van der Waals surface area (Å²) in [4.78, 5) is 76.0. The SMILES string of the molecule is CN(C(=O)OC(C)(C)C)[C@@H]1[C@@H](O)[C@@H](O[C@@H]2[C@@H](O)[C@H](O[C@H]3O[C@H](CNS(=O)(=O)c4ccccc4[N+](=O)[O-])CC[C@H]3NC(=O)O)[C@@H](NC(=O)OC(C)(C)C)C[C@H]2NC(=O)[C@@H](O)CNC(=O)OC(C)(C)C)OC[C@]1(C)O. The number of hydrogen-bond donors (Lipinski definition) is 10. The van der Waals surface area contributed by atoms with Crippen LogP contribution >= 0.6 is 0 Å². The number of para-hydroxylation sites is 1. The van der Waals surface area contributed by atoms with Crippen LogP contribution < -0.4 is 26.0 Å². The van der Waals surface area contributed by atoms with Crippen LogP contribution in [0.3, 0.4) is 0 Å². The van der Waals surface area contributed by atoms with Gasteiger partial charge in [0.1, 0.15) is 52.9 Å². The summed E-state index contributed by atoms with van der Waals surface area (Å²) >= 11 is 0. The summed E-state index contributed by atoms with van der Waals surface area (Å²) < 4.78 is 69.6. The molecule has 2 heterocycles. The monoisotopic (exact) mass is 1070 g/mol. The second kappa shape index (κ2) is 24.0. The van der Waals surface area contributed by atoms with Crippen molar-refractivity contribution < 1.29 is 96.0 Å². The highest BCUT2D eigenvalue weighted by Crippen LogP contribution is 2.35. The molecule has 0 spiro atoms. The van der Waals surface area contributed by atoms with Crippen LogP contribution in [0.2, 0.25) is 0 Å². The molecule has 1 aromatic carbocycles. The zero-order chi connectivity index (χ0) is 55.2. The first-order valence-corrected chi connectivity index (χ1v) is 24.8. The van der Waals surface area contributed by atoms with Crippen LogP contribution in [0.1, 0.15) is 88.5 Å². The minimum absolute atomic E-state index is 0.0123. The fourth-order valence-electron chi connectivity index (χ4n) is 8.18. The smallest absolute Gasteiger partial charge is 0.410 e. The van der Waals surface area contributed by atoms with Gasteiger partial charge in [-0.15, -0.1) is 0 Å². The van der Waals surface area contributed by atoms with Crippen molar-refractivity contribution in [2.24, 2.45) is 0 Å².